The van der Waals surface area contributed by atoms with Crippen LogP contribution in [-0.2, 0) is 26.1 Å². The van der Waals surface area contributed by atoms with Crippen LogP contribution in [0.2, 0.25) is 0 Å². The van der Waals surface area contributed by atoms with Crippen LogP contribution in [-0.4, -0.2) is 24.1 Å². The number of anilines is 1. The number of hydrogen-bond donors (Lipinski definition) is 0. The van der Waals surface area contributed by atoms with Crippen molar-refractivity contribution in [1.82, 2.24) is 24.1 Å². The van der Waals surface area contributed by atoms with Crippen LogP contribution < -0.4 is 4.90 Å². The van der Waals surface area contributed by atoms with Crippen LogP contribution in [0.5, 0.6) is 0 Å². The molecule has 1 aromatic carbocycles. The van der Waals surface area contributed by atoms with Crippen LogP contribution in [0.4, 0.5) is 5.95 Å². The van der Waals surface area contributed by atoms with Gasteiger partial charge in [-0.05, 0) is 18.1 Å². The number of thiazole rings is 1. The third-order valence-electron chi connectivity index (χ3n) is 4.73. The van der Waals surface area contributed by atoms with Gasteiger partial charge < -0.3 is 4.90 Å². The van der Waals surface area contributed by atoms with Gasteiger partial charge in [0.1, 0.15) is 5.82 Å². The first-order valence-electron chi connectivity index (χ1n) is 8.46. The summed E-state index contributed by atoms with van der Waals surface area (Å²) in [6, 6.07) is 8.59. The second-order valence-corrected chi connectivity index (χ2v) is 7.16. The van der Waals surface area contributed by atoms with E-state index in [1.165, 1.54) is 11.1 Å². The topological polar surface area (TPSA) is 51.3 Å². The molecule has 0 radical (unpaired) electrons. The number of rotatable bonds is 4. The molecule has 0 unspecified atom stereocenters. The van der Waals surface area contributed by atoms with Crippen molar-refractivity contribution in [2.75, 3.05) is 4.90 Å². The number of fused-ring (bicyclic) bond motifs is 2. The Morgan fingerprint density at radius 2 is 1.92 bits per heavy atom. The average molecular weight is 350 g/mol. The van der Waals surface area contributed by atoms with E-state index < -0.39 is 0 Å². The summed E-state index contributed by atoms with van der Waals surface area (Å²) < 4.78 is 4.27. The number of nitrogens with zero attached hydrogens (tertiary/aromatic N) is 6. The van der Waals surface area contributed by atoms with Gasteiger partial charge >= 0.3 is 0 Å². The average Bonchev–Trinajstić information content (AvgIpc) is 3.36. The van der Waals surface area contributed by atoms with Gasteiger partial charge in [-0.25, -0.2) is 4.98 Å². The summed E-state index contributed by atoms with van der Waals surface area (Å²) in [4.78, 5) is 7.99. The molecule has 0 N–H and O–H groups in total. The Morgan fingerprint density at radius 3 is 2.64 bits per heavy atom. The minimum atomic E-state index is 0.704. The van der Waals surface area contributed by atoms with Crippen LogP contribution in [0.1, 0.15) is 29.6 Å². The standard InChI is InChI=1S/C18H18N6S/c1-2-24-16(9-15-12-22-7-8-25-18(22)19-15)20-21-17(24)23-10-13-5-3-4-6-14(13)11-23/h3-8,12H,2,9-11H2,1H3. The lowest BCUT2D eigenvalue weighted by atomic mass is 10.1. The summed E-state index contributed by atoms with van der Waals surface area (Å²) in [7, 11) is 0. The number of benzene rings is 1. The van der Waals surface area contributed by atoms with Gasteiger partial charge in [0.2, 0.25) is 5.95 Å². The zero-order valence-electron chi connectivity index (χ0n) is 14.0. The summed E-state index contributed by atoms with van der Waals surface area (Å²) in [5.74, 6) is 1.92. The van der Waals surface area contributed by atoms with Gasteiger partial charge in [0.05, 0.1) is 12.1 Å². The first kappa shape index (κ1) is 14.7. The fraction of sp³-hybridized carbons (Fsp3) is 0.278. The molecule has 0 saturated heterocycles. The van der Waals surface area contributed by atoms with E-state index in [0.717, 1.165) is 42.1 Å². The maximum Gasteiger partial charge on any atom is 0.227 e. The van der Waals surface area contributed by atoms with Crippen LogP contribution >= 0.6 is 11.3 Å². The monoisotopic (exact) mass is 350 g/mol. The number of aromatic nitrogens is 5. The Morgan fingerprint density at radius 1 is 1.12 bits per heavy atom. The van der Waals surface area contributed by atoms with Crippen molar-refractivity contribution in [3.05, 3.63) is 64.7 Å². The van der Waals surface area contributed by atoms with Crippen molar-refractivity contribution in [2.45, 2.75) is 33.0 Å². The molecule has 1 aliphatic rings. The quantitative estimate of drug-likeness (QED) is 0.567. The molecule has 0 bridgehead atoms. The summed E-state index contributed by atoms with van der Waals surface area (Å²) >= 11 is 1.65. The predicted molar refractivity (Wildman–Crippen MR) is 97.9 cm³/mol. The Balaban J connectivity index is 1.44. The van der Waals surface area contributed by atoms with Gasteiger partial charge in [-0.3, -0.25) is 8.97 Å². The second-order valence-electron chi connectivity index (χ2n) is 6.29. The minimum Gasteiger partial charge on any atom is -0.332 e. The summed E-state index contributed by atoms with van der Waals surface area (Å²) in [5.41, 5.74) is 3.79. The highest BCUT2D eigenvalue weighted by Gasteiger charge is 2.24. The number of hydrogen-bond acceptors (Lipinski definition) is 5. The smallest absolute Gasteiger partial charge is 0.227 e. The molecule has 6 nitrogen and oxygen atoms in total. The zero-order valence-corrected chi connectivity index (χ0v) is 14.8. The Kier molecular flexibility index (Phi) is 3.34. The molecule has 4 aromatic rings. The molecule has 126 valence electrons. The van der Waals surface area contributed by atoms with Crippen LogP contribution in [0.3, 0.4) is 0 Å². The van der Waals surface area contributed by atoms with E-state index >= 15 is 0 Å². The van der Waals surface area contributed by atoms with Crippen molar-refractivity contribution in [3.8, 4) is 0 Å². The third kappa shape index (κ3) is 2.42. The summed E-state index contributed by atoms with van der Waals surface area (Å²) in [5, 5.41) is 11.0. The maximum absolute atomic E-state index is 4.67. The van der Waals surface area contributed by atoms with E-state index in [2.05, 4.69) is 66.4 Å². The van der Waals surface area contributed by atoms with Gasteiger partial charge in [-0.15, -0.1) is 21.5 Å². The molecule has 4 heterocycles. The van der Waals surface area contributed by atoms with Gasteiger partial charge in [0, 0.05) is 37.4 Å². The van der Waals surface area contributed by atoms with E-state index in [0.29, 0.717) is 6.42 Å². The van der Waals surface area contributed by atoms with E-state index in [1.54, 1.807) is 11.3 Å². The lowest BCUT2D eigenvalue weighted by Crippen LogP contribution is -2.20. The van der Waals surface area contributed by atoms with Gasteiger partial charge in [-0.2, -0.15) is 0 Å². The van der Waals surface area contributed by atoms with Crippen molar-refractivity contribution < 1.29 is 0 Å². The predicted octanol–water partition coefficient (Wildman–Crippen LogP) is 3.12. The van der Waals surface area contributed by atoms with E-state index in [-0.39, 0.29) is 0 Å². The lowest BCUT2D eigenvalue weighted by molar-refractivity contribution is 0.681. The molecule has 0 amide bonds. The Labute approximate surface area is 149 Å². The molecular weight excluding hydrogens is 332 g/mol. The highest BCUT2D eigenvalue weighted by molar-refractivity contribution is 7.15. The normalized spacial score (nSPS) is 13.7. The molecule has 0 atom stereocenters. The molecule has 0 saturated carbocycles. The molecular formula is C18H18N6S. The first-order valence-corrected chi connectivity index (χ1v) is 9.34. The van der Waals surface area contributed by atoms with Gasteiger partial charge in [0.25, 0.3) is 0 Å². The highest BCUT2D eigenvalue weighted by Crippen LogP contribution is 2.27. The second kappa shape index (κ2) is 5.70. The van der Waals surface area contributed by atoms with Gasteiger partial charge in [-0.1, -0.05) is 24.3 Å². The van der Waals surface area contributed by atoms with Crippen molar-refractivity contribution >= 4 is 22.2 Å². The van der Waals surface area contributed by atoms with Crippen molar-refractivity contribution in [3.63, 3.8) is 0 Å². The molecule has 5 rings (SSSR count). The Hall–Kier alpha value is -2.67. The van der Waals surface area contributed by atoms with Crippen molar-refractivity contribution in [2.24, 2.45) is 0 Å². The Bertz CT molecular complexity index is 989. The van der Waals surface area contributed by atoms with Crippen LogP contribution in [0.15, 0.2) is 42.0 Å². The minimum absolute atomic E-state index is 0.704. The molecule has 0 aliphatic carbocycles. The molecule has 0 fully saturated rings. The van der Waals surface area contributed by atoms with Crippen molar-refractivity contribution in [1.29, 1.82) is 0 Å². The van der Waals surface area contributed by atoms with E-state index in [9.17, 15) is 0 Å². The fourth-order valence-corrected chi connectivity index (χ4v) is 4.23. The molecule has 3 aromatic heterocycles. The van der Waals surface area contributed by atoms with Crippen LogP contribution in [0.25, 0.3) is 4.96 Å². The van der Waals surface area contributed by atoms with E-state index in [4.69, 9.17) is 0 Å². The highest BCUT2D eigenvalue weighted by atomic mass is 32.1. The van der Waals surface area contributed by atoms with Gasteiger partial charge in [0.15, 0.2) is 4.96 Å². The number of imidazole rings is 1. The summed E-state index contributed by atoms with van der Waals surface area (Å²) in [6.07, 6.45) is 4.82. The first-order chi connectivity index (χ1) is 12.3. The zero-order chi connectivity index (χ0) is 16.8. The lowest BCUT2D eigenvalue weighted by Gasteiger charge is -2.17. The molecule has 7 heteroatoms. The SMILES string of the molecule is CCn1c(Cc2cn3ccsc3n2)nnc1N1Cc2ccccc2C1. The molecule has 25 heavy (non-hydrogen) atoms. The largest absolute Gasteiger partial charge is 0.332 e. The fourth-order valence-electron chi connectivity index (χ4n) is 3.51. The molecule has 1 aliphatic heterocycles. The molecule has 0 spiro atoms. The van der Waals surface area contributed by atoms with Crippen LogP contribution in [0, 0.1) is 0 Å². The summed E-state index contributed by atoms with van der Waals surface area (Å²) in [6.45, 7) is 4.79. The maximum atomic E-state index is 4.67. The third-order valence-corrected chi connectivity index (χ3v) is 5.50. The van der Waals surface area contributed by atoms with E-state index in [1.807, 2.05) is 11.6 Å².